The van der Waals surface area contributed by atoms with E-state index in [9.17, 15) is 4.79 Å². The summed E-state index contributed by atoms with van der Waals surface area (Å²) in [4.78, 5) is 14.3. The molecule has 1 aromatic rings. The van der Waals surface area contributed by atoms with Crippen LogP contribution in [0.5, 0.6) is 0 Å². The maximum Gasteiger partial charge on any atom is 0.231 e. The van der Waals surface area contributed by atoms with Gasteiger partial charge < -0.3 is 10.1 Å². The van der Waals surface area contributed by atoms with Crippen LogP contribution in [0.15, 0.2) is 22.7 Å². The van der Waals surface area contributed by atoms with Gasteiger partial charge in [0.1, 0.15) is 0 Å². The molecule has 1 saturated carbocycles. The van der Waals surface area contributed by atoms with E-state index in [2.05, 4.69) is 39.4 Å². The van der Waals surface area contributed by atoms with Gasteiger partial charge in [0.2, 0.25) is 5.91 Å². The summed E-state index contributed by atoms with van der Waals surface area (Å²) >= 11 is 9.15. The standard InChI is InChI=1S/C19H23BrN2O2S/c1-22-16(23)11-19(21-17(22)25)15-9-13(20)4-3-12(15)10-18(19)7-5-14(24-2)6-8-18/h3-4,9,14H,5-8,10-11H2,1-2H3,(H,21,25)/t14-,18+,19?. The van der Waals surface area contributed by atoms with Crippen LogP contribution in [-0.4, -0.2) is 36.2 Å². The second-order valence-corrected chi connectivity index (χ2v) is 8.96. The third-order valence-corrected chi connectivity index (χ3v) is 7.47. The van der Waals surface area contributed by atoms with Crippen molar-refractivity contribution in [3.63, 3.8) is 0 Å². The Morgan fingerprint density at radius 1 is 1.32 bits per heavy atom. The number of hydrogen-bond acceptors (Lipinski definition) is 3. The molecule has 3 aliphatic rings. The Labute approximate surface area is 162 Å². The molecule has 1 N–H and O–H groups in total. The Bertz CT molecular complexity index is 725. The molecule has 0 aromatic heterocycles. The van der Waals surface area contributed by atoms with Crippen LogP contribution in [0, 0.1) is 5.41 Å². The van der Waals surface area contributed by atoms with Crippen LogP contribution < -0.4 is 5.32 Å². The number of carbonyl (C=O) groups is 1. The molecule has 1 saturated heterocycles. The Hall–Kier alpha value is -0.980. The van der Waals surface area contributed by atoms with Crippen molar-refractivity contribution in [2.24, 2.45) is 5.41 Å². The Morgan fingerprint density at radius 3 is 2.68 bits per heavy atom. The second kappa shape index (κ2) is 6.03. The quantitative estimate of drug-likeness (QED) is 0.702. The van der Waals surface area contributed by atoms with E-state index >= 15 is 0 Å². The van der Waals surface area contributed by atoms with E-state index < -0.39 is 5.54 Å². The van der Waals surface area contributed by atoms with Crippen molar-refractivity contribution in [2.75, 3.05) is 14.2 Å². The molecular formula is C19H23BrN2O2S. The summed E-state index contributed by atoms with van der Waals surface area (Å²) in [5.74, 6) is 0.102. The fourth-order valence-electron chi connectivity index (χ4n) is 5.14. The van der Waals surface area contributed by atoms with Crippen molar-refractivity contribution in [1.29, 1.82) is 0 Å². The third kappa shape index (κ3) is 2.48. The lowest BCUT2D eigenvalue weighted by molar-refractivity contribution is -0.132. The van der Waals surface area contributed by atoms with Crippen molar-refractivity contribution in [1.82, 2.24) is 10.2 Å². The Morgan fingerprint density at radius 2 is 2.04 bits per heavy atom. The normalized spacial score (nSPS) is 34.5. The van der Waals surface area contributed by atoms with Gasteiger partial charge in [-0.15, -0.1) is 0 Å². The van der Waals surface area contributed by atoms with Crippen molar-refractivity contribution in [2.45, 2.75) is 50.2 Å². The number of methoxy groups -OCH3 is 1. The number of halogens is 1. The first-order valence-electron chi connectivity index (χ1n) is 8.81. The fourth-order valence-corrected chi connectivity index (χ4v) is 5.77. The van der Waals surface area contributed by atoms with Crippen LogP contribution in [0.25, 0.3) is 0 Å². The molecule has 0 bridgehead atoms. The van der Waals surface area contributed by atoms with Crippen LogP contribution in [0.3, 0.4) is 0 Å². The third-order valence-electron chi connectivity index (χ3n) is 6.60. The summed E-state index contributed by atoms with van der Waals surface area (Å²) in [6, 6.07) is 6.48. The topological polar surface area (TPSA) is 41.6 Å². The highest BCUT2D eigenvalue weighted by Crippen LogP contribution is 2.60. The lowest BCUT2D eigenvalue weighted by Gasteiger charge is -2.53. The van der Waals surface area contributed by atoms with Gasteiger partial charge in [0.25, 0.3) is 0 Å². The molecule has 6 heteroatoms. The predicted molar refractivity (Wildman–Crippen MR) is 104 cm³/mol. The average Bonchev–Trinajstić information content (AvgIpc) is 2.83. The van der Waals surface area contributed by atoms with Crippen LogP contribution in [0.2, 0.25) is 0 Å². The molecule has 4 nitrogen and oxygen atoms in total. The van der Waals surface area contributed by atoms with Gasteiger partial charge in [-0.2, -0.15) is 0 Å². The Balaban J connectivity index is 1.83. The van der Waals surface area contributed by atoms with Crippen molar-refractivity contribution >= 4 is 39.2 Å². The zero-order valence-electron chi connectivity index (χ0n) is 14.6. The first-order chi connectivity index (χ1) is 11.9. The summed E-state index contributed by atoms with van der Waals surface area (Å²) in [5, 5.41) is 4.16. The van der Waals surface area contributed by atoms with Crippen LogP contribution >= 0.6 is 28.1 Å². The number of fused-ring (bicyclic) bond motifs is 3. The largest absolute Gasteiger partial charge is 0.381 e. The van der Waals surface area contributed by atoms with E-state index in [1.165, 1.54) is 11.1 Å². The van der Waals surface area contributed by atoms with E-state index in [0.29, 0.717) is 17.6 Å². The summed E-state index contributed by atoms with van der Waals surface area (Å²) < 4.78 is 6.64. The lowest BCUT2D eigenvalue weighted by Crippen LogP contribution is -2.65. The van der Waals surface area contributed by atoms with Crippen molar-refractivity contribution in [3.05, 3.63) is 33.8 Å². The molecule has 1 atom stereocenters. The van der Waals surface area contributed by atoms with Crippen LogP contribution in [-0.2, 0) is 21.5 Å². The molecule has 0 radical (unpaired) electrons. The molecule has 1 unspecified atom stereocenters. The Kier molecular flexibility index (Phi) is 4.21. The van der Waals surface area contributed by atoms with Crippen LogP contribution in [0.1, 0.15) is 43.2 Å². The molecule has 1 aromatic carbocycles. The summed E-state index contributed by atoms with van der Waals surface area (Å²) in [5.41, 5.74) is 2.20. The van der Waals surface area contributed by atoms with E-state index in [1.807, 2.05) is 0 Å². The molecule has 134 valence electrons. The first-order valence-corrected chi connectivity index (χ1v) is 10.0. The number of carbonyl (C=O) groups excluding carboxylic acids is 1. The molecule has 1 aliphatic heterocycles. The van der Waals surface area contributed by atoms with Crippen molar-refractivity contribution in [3.8, 4) is 0 Å². The smallest absolute Gasteiger partial charge is 0.231 e. The minimum absolute atomic E-state index is 0.0200. The minimum atomic E-state index is -0.397. The van der Waals surface area contributed by atoms with Gasteiger partial charge in [-0.3, -0.25) is 9.69 Å². The van der Waals surface area contributed by atoms with Gasteiger partial charge in [0.05, 0.1) is 18.1 Å². The van der Waals surface area contributed by atoms with E-state index in [0.717, 1.165) is 36.6 Å². The predicted octanol–water partition coefficient (Wildman–Crippen LogP) is 3.51. The number of rotatable bonds is 1. The van der Waals surface area contributed by atoms with Crippen molar-refractivity contribution < 1.29 is 9.53 Å². The second-order valence-electron chi connectivity index (χ2n) is 7.66. The SMILES string of the molecule is CO[C@H]1CC[C@@]2(CC1)Cc1ccc(Br)cc1C21CC(=O)N(C)C(=S)N1. The van der Waals surface area contributed by atoms with Gasteiger partial charge in [0, 0.05) is 24.0 Å². The molecule has 2 fully saturated rings. The lowest BCUT2D eigenvalue weighted by atomic mass is 9.59. The van der Waals surface area contributed by atoms with E-state index in [1.54, 1.807) is 19.1 Å². The highest BCUT2D eigenvalue weighted by Gasteiger charge is 2.61. The maximum absolute atomic E-state index is 12.8. The zero-order valence-corrected chi connectivity index (χ0v) is 17.0. The van der Waals surface area contributed by atoms with Gasteiger partial charge in [-0.05, 0) is 67.6 Å². The molecule has 1 amide bonds. The molecule has 25 heavy (non-hydrogen) atoms. The van der Waals surface area contributed by atoms with Gasteiger partial charge >= 0.3 is 0 Å². The number of nitrogens with zero attached hydrogens (tertiary/aromatic N) is 1. The summed E-state index contributed by atoms with van der Waals surface area (Å²) in [6.07, 6.45) is 5.95. The van der Waals surface area contributed by atoms with E-state index in [4.69, 9.17) is 17.0 Å². The molecule has 1 heterocycles. The summed E-state index contributed by atoms with van der Waals surface area (Å²) in [6.45, 7) is 0. The number of nitrogens with one attached hydrogen (secondary N) is 1. The maximum atomic E-state index is 12.8. The number of hydrogen-bond donors (Lipinski definition) is 1. The fraction of sp³-hybridized carbons (Fsp3) is 0.579. The highest BCUT2D eigenvalue weighted by atomic mass is 79.9. The summed E-state index contributed by atoms with van der Waals surface area (Å²) in [7, 11) is 3.56. The van der Waals surface area contributed by atoms with Gasteiger partial charge in [-0.1, -0.05) is 22.0 Å². The molecule has 2 spiro atoms. The van der Waals surface area contributed by atoms with E-state index in [-0.39, 0.29) is 11.3 Å². The minimum Gasteiger partial charge on any atom is -0.381 e. The first kappa shape index (κ1) is 17.4. The van der Waals surface area contributed by atoms with Gasteiger partial charge in [-0.25, -0.2) is 0 Å². The molecule has 2 aliphatic carbocycles. The average molecular weight is 423 g/mol. The molecular weight excluding hydrogens is 400 g/mol. The number of thiocarbonyl (C=S) groups is 1. The highest BCUT2D eigenvalue weighted by molar-refractivity contribution is 9.10. The molecule has 4 rings (SSSR count). The number of amides is 1. The number of ether oxygens (including phenoxy) is 1. The number of benzene rings is 1. The van der Waals surface area contributed by atoms with Crippen LogP contribution in [0.4, 0.5) is 0 Å². The zero-order chi connectivity index (χ0) is 17.8. The monoisotopic (exact) mass is 422 g/mol. The van der Waals surface area contributed by atoms with Gasteiger partial charge in [0.15, 0.2) is 5.11 Å².